The predicted molar refractivity (Wildman–Crippen MR) is 104 cm³/mol. The molecule has 3 rings (SSSR count). The van der Waals surface area contributed by atoms with E-state index in [4.69, 9.17) is 9.47 Å². The summed E-state index contributed by atoms with van der Waals surface area (Å²) in [5.41, 5.74) is 2.79. The standard InChI is InChI=1S/C21H28N2O4/c1-14-8-18(25)9-15(2)23(14)11-19(22-13-24)17-6-7-20(26-3)21(10-17)27-12-16-4-5-16/h6-10,16,19,22,24H,4-5,11-13H2,1-3H3. The molecule has 2 aromatic rings. The van der Waals surface area contributed by atoms with E-state index in [2.05, 4.69) is 9.88 Å². The summed E-state index contributed by atoms with van der Waals surface area (Å²) >= 11 is 0. The number of rotatable bonds is 9. The van der Waals surface area contributed by atoms with Gasteiger partial charge in [0.05, 0.1) is 26.5 Å². The largest absolute Gasteiger partial charge is 0.493 e. The predicted octanol–water partition coefficient (Wildman–Crippen LogP) is 2.54. The summed E-state index contributed by atoms with van der Waals surface area (Å²) in [6.07, 6.45) is 2.45. The molecular weight excluding hydrogens is 344 g/mol. The maximum atomic E-state index is 11.7. The van der Waals surface area contributed by atoms with Crippen molar-refractivity contribution in [3.8, 4) is 11.5 Å². The molecule has 1 unspecified atom stereocenters. The molecule has 1 aliphatic rings. The molecule has 0 aliphatic heterocycles. The van der Waals surface area contributed by atoms with Gasteiger partial charge in [0.25, 0.3) is 0 Å². The smallest absolute Gasteiger partial charge is 0.182 e. The quantitative estimate of drug-likeness (QED) is 0.662. The van der Waals surface area contributed by atoms with Crippen molar-refractivity contribution < 1.29 is 14.6 Å². The molecule has 6 nitrogen and oxygen atoms in total. The van der Waals surface area contributed by atoms with E-state index in [0.717, 1.165) is 22.7 Å². The van der Waals surface area contributed by atoms with Crippen LogP contribution in [0.5, 0.6) is 11.5 Å². The van der Waals surface area contributed by atoms with Crippen molar-refractivity contribution >= 4 is 0 Å². The van der Waals surface area contributed by atoms with Gasteiger partial charge in [-0.05, 0) is 50.3 Å². The molecule has 1 atom stereocenters. The van der Waals surface area contributed by atoms with E-state index in [1.54, 1.807) is 19.2 Å². The van der Waals surface area contributed by atoms with Crippen LogP contribution in [0.1, 0.15) is 35.8 Å². The van der Waals surface area contributed by atoms with Gasteiger partial charge in [0, 0.05) is 30.1 Å². The summed E-state index contributed by atoms with van der Waals surface area (Å²) in [5, 5.41) is 12.6. The molecule has 1 aliphatic carbocycles. The highest BCUT2D eigenvalue weighted by Crippen LogP contribution is 2.34. The van der Waals surface area contributed by atoms with Crippen molar-refractivity contribution in [1.29, 1.82) is 0 Å². The number of pyridine rings is 1. The Bertz CT molecular complexity index is 816. The van der Waals surface area contributed by atoms with Gasteiger partial charge in [-0.3, -0.25) is 10.1 Å². The highest BCUT2D eigenvalue weighted by atomic mass is 16.5. The van der Waals surface area contributed by atoms with E-state index in [1.807, 2.05) is 32.0 Å². The van der Waals surface area contributed by atoms with Gasteiger partial charge in [0.2, 0.25) is 0 Å². The normalized spacial score (nSPS) is 14.8. The minimum atomic E-state index is -0.146. The number of methoxy groups -OCH3 is 1. The van der Waals surface area contributed by atoms with Gasteiger partial charge >= 0.3 is 0 Å². The Morgan fingerprint density at radius 1 is 1.19 bits per heavy atom. The van der Waals surface area contributed by atoms with Gasteiger partial charge in [-0.25, -0.2) is 0 Å². The highest BCUT2D eigenvalue weighted by Gasteiger charge is 2.23. The summed E-state index contributed by atoms with van der Waals surface area (Å²) in [7, 11) is 1.63. The third-order valence-electron chi connectivity index (χ3n) is 5.02. The van der Waals surface area contributed by atoms with Crippen molar-refractivity contribution in [2.24, 2.45) is 5.92 Å². The molecule has 1 saturated carbocycles. The average molecular weight is 372 g/mol. The molecular formula is C21H28N2O4. The summed E-state index contributed by atoms with van der Waals surface area (Å²) < 4.78 is 13.5. The molecule has 1 aromatic carbocycles. The Hall–Kier alpha value is -2.31. The summed E-state index contributed by atoms with van der Waals surface area (Å²) in [4.78, 5) is 11.7. The van der Waals surface area contributed by atoms with E-state index in [1.165, 1.54) is 12.8 Å². The third kappa shape index (κ3) is 4.90. The number of nitrogens with zero attached hydrogens (tertiary/aromatic N) is 1. The number of hydrogen-bond acceptors (Lipinski definition) is 5. The Morgan fingerprint density at radius 2 is 1.89 bits per heavy atom. The molecule has 27 heavy (non-hydrogen) atoms. The first-order valence-corrected chi connectivity index (χ1v) is 9.35. The zero-order valence-corrected chi connectivity index (χ0v) is 16.2. The van der Waals surface area contributed by atoms with Crippen molar-refractivity contribution in [3.63, 3.8) is 0 Å². The molecule has 0 saturated heterocycles. The third-order valence-corrected chi connectivity index (χ3v) is 5.02. The lowest BCUT2D eigenvalue weighted by molar-refractivity contribution is 0.232. The molecule has 1 heterocycles. The molecule has 0 amide bonds. The Kier molecular flexibility index (Phi) is 6.19. The van der Waals surface area contributed by atoms with Crippen molar-refractivity contribution in [1.82, 2.24) is 9.88 Å². The highest BCUT2D eigenvalue weighted by molar-refractivity contribution is 5.44. The van der Waals surface area contributed by atoms with E-state index in [9.17, 15) is 9.90 Å². The lowest BCUT2D eigenvalue weighted by Gasteiger charge is -2.24. The van der Waals surface area contributed by atoms with E-state index in [-0.39, 0.29) is 18.2 Å². The van der Waals surface area contributed by atoms with Crippen LogP contribution in [0.2, 0.25) is 0 Å². The summed E-state index contributed by atoms with van der Waals surface area (Å²) in [5.74, 6) is 2.08. The fourth-order valence-electron chi connectivity index (χ4n) is 3.27. The van der Waals surface area contributed by atoms with Gasteiger partial charge in [-0.1, -0.05) is 6.07 Å². The molecule has 1 fully saturated rings. The SMILES string of the molecule is COc1ccc(C(Cn2c(C)cc(=O)cc2C)NCO)cc1OCC1CC1. The number of aliphatic hydroxyl groups is 1. The van der Waals surface area contributed by atoms with Crippen LogP contribution >= 0.6 is 0 Å². The van der Waals surface area contributed by atoms with Gasteiger partial charge in [-0.15, -0.1) is 0 Å². The van der Waals surface area contributed by atoms with Crippen molar-refractivity contribution in [2.45, 2.75) is 39.3 Å². The zero-order chi connectivity index (χ0) is 19.4. The topological polar surface area (TPSA) is 72.7 Å². The van der Waals surface area contributed by atoms with Crippen LogP contribution in [-0.2, 0) is 6.54 Å². The monoisotopic (exact) mass is 372 g/mol. The fraction of sp³-hybridized carbons (Fsp3) is 0.476. The molecule has 146 valence electrons. The maximum Gasteiger partial charge on any atom is 0.182 e. The average Bonchev–Trinajstić information content (AvgIpc) is 3.46. The number of hydrogen-bond donors (Lipinski definition) is 2. The van der Waals surface area contributed by atoms with E-state index in [0.29, 0.717) is 24.8 Å². The lowest BCUT2D eigenvalue weighted by Crippen LogP contribution is -2.28. The summed E-state index contributed by atoms with van der Waals surface area (Å²) in [6, 6.07) is 8.96. The van der Waals surface area contributed by atoms with Crippen LogP contribution in [0.4, 0.5) is 0 Å². The number of aryl methyl sites for hydroxylation is 2. The Balaban J connectivity index is 1.87. The van der Waals surface area contributed by atoms with Crippen LogP contribution < -0.4 is 20.2 Å². The number of aromatic nitrogens is 1. The lowest BCUT2D eigenvalue weighted by atomic mass is 10.1. The number of ether oxygens (including phenoxy) is 2. The van der Waals surface area contributed by atoms with Crippen LogP contribution in [0.3, 0.4) is 0 Å². The second-order valence-electron chi connectivity index (χ2n) is 7.16. The molecule has 0 bridgehead atoms. The van der Waals surface area contributed by atoms with Crippen LogP contribution in [-0.4, -0.2) is 30.1 Å². The Labute approximate surface area is 159 Å². The van der Waals surface area contributed by atoms with Gasteiger partial charge in [0.1, 0.15) is 0 Å². The van der Waals surface area contributed by atoms with Gasteiger partial charge in [0.15, 0.2) is 16.9 Å². The maximum absolute atomic E-state index is 11.7. The number of nitrogens with one attached hydrogen (secondary N) is 1. The number of benzene rings is 1. The molecule has 0 spiro atoms. The first kappa shape index (κ1) is 19.5. The van der Waals surface area contributed by atoms with Crippen LogP contribution in [0.25, 0.3) is 0 Å². The first-order valence-electron chi connectivity index (χ1n) is 9.35. The van der Waals surface area contributed by atoms with Gasteiger partial charge < -0.3 is 19.1 Å². The minimum absolute atomic E-state index is 0.00753. The minimum Gasteiger partial charge on any atom is -0.493 e. The second kappa shape index (κ2) is 8.59. The van der Waals surface area contributed by atoms with E-state index < -0.39 is 0 Å². The molecule has 6 heteroatoms. The fourth-order valence-corrected chi connectivity index (χ4v) is 3.27. The first-order chi connectivity index (χ1) is 13.0. The Morgan fingerprint density at radius 3 is 2.48 bits per heavy atom. The van der Waals surface area contributed by atoms with Crippen molar-refractivity contribution in [3.05, 3.63) is 57.5 Å². The molecule has 2 N–H and O–H groups in total. The zero-order valence-electron chi connectivity index (χ0n) is 16.2. The van der Waals surface area contributed by atoms with Gasteiger partial charge in [-0.2, -0.15) is 0 Å². The van der Waals surface area contributed by atoms with Crippen LogP contribution in [0, 0.1) is 19.8 Å². The molecule has 0 radical (unpaired) electrons. The van der Waals surface area contributed by atoms with Crippen LogP contribution in [0.15, 0.2) is 35.1 Å². The summed E-state index contributed by atoms with van der Waals surface area (Å²) in [6.45, 7) is 4.99. The number of aliphatic hydroxyl groups excluding tert-OH is 1. The second-order valence-corrected chi connectivity index (χ2v) is 7.16. The van der Waals surface area contributed by atoms with E-state index >= 15 is 0 Å². The molecule has 1 aromatic heterocycles. The van der Waals surface area contributed by atoms with Crippen molar-refractivity contribution in [2.75, 3.05) is 20.4 Å².